The van der Waals surface area contributed by atoms with Gasteiger partial charge in [-0.15, -0.1) is 0 Å². The van der Waals surface area contributed by atoms with E-state index in [2.05, 4.69) is 30.9 Å². The van der Waals surface area contributed by atoms with Gasteiger partial charge < -0.3 is 10.0 Å². The Morgan fingerprint density at radius 2 is 1.82 bits per heavy atom. The van der Waals surface area contributed by atoms with Gasteiger partial charge in [0, 0.05) is 18.3 Å². The van der Waals surface area contributed by atoms with E-state index in [-0.39, 0.29) is 6.10 Å². The van der Waals surface area contributed by atoms with E-state index in [0.717, 1.165) is 12.1 Å². The highest BCUT2D eigenvalue weighted by atomic mass is 16.3. The third-order valence-electron chi connectivity index (χ3n) is 3.78. The predicted octanol–water partition coefficient (Wildman–Crippen LogP) is 3.36. The molecule has 2 rings (SSSR count). The van der Waals surface area contributed by atoms with Gasteiger partial charge >= 0.3 is 0 Å². The van der Waals surface area contributed by atoms with Crippen LogP contribution in [-0.4, -0.2) is 17.7 Å². The van der Waals surface area contributed by atoms with Gasteiger partial charge in [-0.3, -0.25) is 0 Å². The Labute approximate surface area is 104 Å². The third-order valence-corrected chi connectivity index (χ3v) is 3.78. The first-order valence-electron chi connectivity index (χ1n) is 6.64. The zero-order valence-corrected chi connectivity index (χ0v) is 11.1. The lowest BCUT2D eigenvalue weighted by molar-refractivity contribution is 0.199. The van der Waals surface area contributed by atoms with Gasteiger partial charge in [0.2, 0.25) is 0 Å². The quantitative estimate of drug-likeness (QED) is 0.865. The number of benzene rings is 1. The molecule has 0 aromatic heterocycles. The Hall–Kier alpha value is -1.02. The van der Waals surface area contributed by atoms with Crippen molar-refractivity contribution in [2.24, 2.45) is 5.92 Å². The number of aliphatic hydroxyl groups is 1. The first-order chi connectivity index (χ1) is 8.09. The second kappa shape index (κ2) is 5.09. The second-order valence-electron chi connectivity index (χ2n) is 5.41. The Bertz CT molecular complexity index is 356. The molecule has 0 bridgehead atoms. The number of nitrogens with zero attached hydrogens (tertiary/aromatic N) is 1. The van der Waals surface area contributed by atoms with Crippen molar-refractivity contribution in [2.45, 2.75) is 45.8 Å². The smallest absolute Gasteiger partial charge is 0.0761 e. The van der Waals surface area contributed by atoms with Gasteiger partial charge in [0.1, 0.15) is 0 Å². The van der Waals surface area contributed by atoms with Crippen molar-refractivity contribution in [1.29, 1.82) is 0 Å². The summed E-state index contributed by atoms with van der Waals surface area (Å²) in [5.41, 5.74) is 2.29. The molecule has 2 atom stereocenters. The van der Waals surface area contributed by atoms with Crippen LogP contribution in [0.4, 0.5) is 5.69 Å². The number of aliphatic hydroxyl groups excluding tert-OH is 1. The standard InChI is InChI=1S/C15H23NO/c1-11(2)15-5-4-10-16(15)14-8-6-13(7-9-14)12(3)17/h6-9,11-12,15,17H,4-5,10H2,1-3H3/t12-,15?/m0/s1. The lowest BCUT2D eigenvalue weighted by Crippen LogP contribution is -2.33. The molecule has 2 nitrogen and oxygen atoms in total. The van der Waals surface area contributed by atoms with Gasteiger partial charge in [0.25, 0.3) is 0 Å². The monoisotopic (exact) mass is 233 g/mol. The Morgan fingerprint density at radius 3 is 2.35 bits per heavy atom. The van der Waals surface area contributed by atoms with Crippen LogP contribution < -0.4 is 4.90 Å². The summed E-state index contributed by atoms with van der Waals surface area (Å²) in [7, 11) is 0. The molecule has 1 heterocycles. The molecule has 1 aliphatic rings. The number of hydrogen-bond acceptors (Lipinski definition) is 2. The van der Waals surface area contributed by atoms with E-state index in [1.807, 2.05) is 19.1 Å². The normalized spacial score (nSPS) is 22.2. The lowest BCUT2D eigenvalue weighted by Gasteiger charge is -2.30. The average molecular weight is 233 g/mol. The molecular formula is C15H23NO. The molecule has 0 saturated carbocycles. The molecule has 0 spiro atoms. The van der Waals surface area contributed by atoms with Crippen LogP contribution in [0.5, 0.6) is 0 Å². The van der Waals surface area contributed by atoms with Gasteiger partial charge in [-0.2, -0.15) is 0 Å². The summed E-state index contributed by atoms with van der Waals surface area (Å²) < 4.78 is 0. The SMILES string of the molecule is CC(C)C1CCCN1c1ccc([C@H](C)O)cc1. The average Bonchev–Trinajstić information content (AvgIpc) is 2.78. The molecule has 0 radical (unpaired) electrons. The molecule has 17 heavy (non-hydrogen) atoms. The molecule has 1 fully saturated rings. The molecule has 2 heteroatoms. The third kappa shape index (κ3) is 2.63. The summed E-state index contributed by atoms with van der Waals surface area (Å²) in [4.78, 5) is 2.51. The van der Waals surface area contributed by atoms with Gasteiger partial charge in [-0.05, 0) is 43.4 Å². The summed E-state index contributed by atoms with van der Waals surface area (Å²) in [6, 6.07) is 9.03. The van der Waals surface area contributed by atoms with Crippen molar-refractivity contribution in [2.75, 3.05) is 11.4 Å². The topological polar surface area (TPSA) is 23.5 Å². The maximum atomic E-state index is 9.51. The molecule has 1 saturated heterocycles. The van der Waals surface area contributed by atoms with Crippen LogP contribution in [0.2, 0.25) is 0 Å². The van der Waals surface area contributed by atoms with Gasteiger partial charge in [-0.25, -0.2) is 0 Å². The van der Waals surface area contributed by atoms with Crippen LogP contribution >= 0.6 is 0 Å². The molecule has 1 aromatic rings. The first kappa shape index (κ1) is 12.4. The van der Waals surface area contributed by atoms with Crippen molar-refractivity contribution in [1.82, 2.24) is 0 Å². The van der Waals surface area contributed by atoms with Crippen molar-refractivity contribution in [3.63, 3.8) is 0 Å². The molecule has 1 aliphatic heterocycles. The molecule has 1 aromatic carbocycles. The highest BCUT2D eigenvalue weighted by Gasteiger charge is 2.26. The van der Waals surface area contributed by atoms with E-state index < -0.39 is 0 Å². The van der Waals surface area contributed by atoms with Crippen molar-refractivity contribution < 1.29 is 5.11 Å². The maximum Gasteiger partial charge on any atom is 0.0761 e. The van der Waals surface area contributed by atoms with Crippen LogP contribution in [0.25, 0.3) is 0 Å². The van der Waals surface area contributed by atoms with Crippen LogP contribution in [-0.2, 0) is 0 Å². The minimum atomic E-state index is -0.372. The van der Waals surface area contributed by atoms with Gasteiger partial charge in [0.05, 0.1) is 6.10 Å². The number of rotatable bonds is 3. The van der Waals surface area contributed by atoms with Crippen LogP contribution in [0.3, 0.4) is 0 Å². The van der Waals surface area contributed by atoms with Gasteiger partial charge in [-0.1, -0.05) is 26.0 Å². The minimum Gasteiger partial charge on any atom is -0.389 e. The molecule has 1 N–H and O–H groups in total. The predicted molar refractivity (Wildman–Crippen MR) is 72.3 cm³/mol. The van der Waals surface area contributed by atoms with E-state index in [9.17, 15) is 5.11 Å². The van der Waals surface area contributed by atoms with Crippen molar-refractivity contribution >= 4 is 5.69 Å². The van der Waals surface area contributed by atoms with E-state index in [1.165, 1.54) is 18.5 Å². The van der Waals surface area contributed by atoms with Gasteiger partial charge in [0.15, 0.2) is 0 Å². The lowest BCUT2D eigenvalue weighted by atomic mass is 10.0. The Balaban J connectivity index is 2.16. The summed E-state index contributed by atoms with van der Waals surface area (Å²) in [6.07, 6.45) is 2.22. The van der Waals surface area contributed by atoms with E-state index >= 15 is 0 Å². The van der Waals surface area contributed by atoms with Crippen molar-refractivity contribution in [3.05, 3.63) is 29.8 Å². The fraction of sp³-hybridized carbons (Fsp3) is 0.600. The molecule has 0 amide bonds. The Morgan fingerprint density at radius 1 is 1.18 bits per heavy atom. The summed E-state index contributed by atoms with van der Waals surface area (Å²) in [5, 5.41) is 9.51. The molecular weight excluding hydrogens is 210 g/mol. The maximum absolute atomic E-state index is 9.51. The zero-order valence-electron chi connectivity index (χ0n) is 11.1. The summed E-state index contributed by atoms with van der Waals surface area (Å²) in [6.45, 7) is 7.57. The summed E-state index contributed by atoms with van der Waals surface area (Å²) >= 11 is 0. The first-order valence-corrected chi connectivity index (χ1v) is 6.64. The van der Waals surface area contributed by atoms with Crippen molar-refractivity contribution in [3.8, 4) is 0 Å². The van der Waals surface area contributed by atoms with E-state index in [0.29, 0.717) is 12.0 Å². The van der Waals surface area contributed by atoms with E-state index in [4.69, 9.17) is 0 Å². The largest absolute Gasteiger partial charge is 0.389 e. The second-order valence-corrected chi connectivity index (χ2v) is 5.41. The van der Waals surface area contributed by atoms with Crippen LogP contribution in [0.15, 0.2) is 24.3 Å². The van der Waals surface area contributed by atoms with E-state index in [1.54, 1.807) is 0 Å². The molecule has 1 unspecified atom stereocenters. The van der Waals surface area contributed by atoms with Crippen LogP contribution in [0.1, 0.15) is 45.3 Å². The highest BCUT2D eigenvalue weighted by Crippen LogP contribution is 2.30. The van der Waals surface area contributed by atoms with Crippen LogP contribution in [0, 0.1) is 5.92 Å². The molecule has 0 aliphatic carbocycles. The fourth-order valence-corrected chi connectivity index (χ4v) is 2.75. The minimum absolute atomic E-state index is 0.372. The Kier molecular flexibility index (Phi) is 3.72. The molecule has 94 valence electrons. The zero-order chi connectivity index (χ0) is 12.4. The summed E-state index contributed by atoms with van der Waals surface area (Å²) in [5.74, 6) is 0.703. The highest BCUT2D eigenvalue weighted by molar-refractivity contribution is 5.49. The number of anilines is 1. The fourth-order valence-electron chi connectivity index (χ4n) is 2.75. The number of hydrogen-bond donors (Lipinski definition) is 1.